The highest BCUT2D eigenvalue weighted by atomic mass is 16.5. The molecule has 0 aliphatic carbocycles. The molecule has 2 atom stereocenters. The van der Waals surface area contributed by atoms with E-state index in [-0.39, 0.29) is 25.3 Å². The molecule has 0 spiro atoms. The summed E-state index contributed by atoms with van der Waals surface area (Å²) in [6, 6.07) is 5.66. The van der Waals surface area contributed by atoms with Crippen molar-refractivity contribution in [2.45, 2.75) is 31.3 Å². The van der Waals surface area contributed by atoms with E-state index in [0.717, 1.165) is 24.9 Å². The van der Waals surface area contributed by atoms with Crippen LogP contribution < -0.4 is 15.4 Å². The van der Waals surface area contributed by atoms with Gasteiger partial charge in [-0.05, 0) is 31.4 Å². The number of hydrogen-bond donors (Lipinski definition) is 3. The van der Waals surface area contributed by atoms with Gasteiger partial charge in [0, 0.05) is 11.8 Å². The molecule has 1 aromatic rings. The van der Waals surface area contributed by atoms with Gasteiger partial charge in [0.25, 0.3) is 0 Å². The zero-order valence-corrected chi connectivity index (χ0v) is 11.2. The van der Waals surface area contributed by atoms with Crippen molar-refractivity contribution in [2.75, 3.05) is 31.0 Å². The van der Waals surface area contributed by atoms with Gasteiger partial charge in [0.05, 0.1) is 38.1 Å². The molecule has 0 aromatic heterocycles. The normalized spacial score (nSPS) is 23.4. The van der Waals surface area contributed by atoms with E-state index in [1.165, 1.54) is 0 Å². The molecular weight excluding hydrogens is 244 g/mol. The second-order valence-electron chi connectivity index (χ2n) is 4.94. The van der Waals surface area contributed by atoms with Gasteiger partial charge in [-0.2, -0.15) is 0 Å². The smallest absolute Gasteiger partial charge is 0.143 e. The molecule has 106 valence electrons. The highest BCUT2D eigenvalue weighted by Gasteiger charge is 2.30. The lowest BCUT2D eigenvalue weighted by Crippen LogP contribution is -2.50. The number of benzene rings is 1. The van der Waals surface area contributed by atoms with Crippen molar-refractivity contribution >= 4 is 11.4 Å². The zero-order valence-electron chi connectivity index (χ0n) is 11.2. The first-order valence-electron chi connectivity index (χ1n) is 6.64. The van der Waals surface area contributed by atoms with E-state index in [0.29, 0.717) is 11.4 Å². The molecule has 2 rings (SSSR count). The molecule has 1 fully saturated rings. The summed E-state index contributed by atoms with van der Waals surface area (Å²) in [7, 11) is 1.58. The monoisotopic (exact) mass is 266 g/mol. The Morgan fingerprint density at radius 2 is 1.89 bits per heavy atom. The van der Waals surface area contributed by atoms with Crippen LogP contribution in [0.3, 0.4) is 0 Å². The number of nitrogen functional groups attached to an aromatic ring is 1. The maximum Gasteiger partial charge on any atom is 0.143 e. The number of nitrogens with zero attached hydrogens (tertiary/aromatic N) is 1. The number of piperidine rings is 1. The molecule has 19 heavy (non-hydrogen) atoms. The molecule has 0 amide bonds. The molecule has 1 heterocycles. The molecule has 1 aromatic carbocycles. The fourth-order valence-corrected chi connectivity index (χ4v) is 2.81. The molecule has 0 bridgehead atoms. The predicted molar refractivity (Wildman–Crippen MR) is 75.5 cm³/mol. The van der Waals surface area contributed by atoms with E-state index in [9.17, 15) is 10.2 Å². The largest absolute Gasteiger partial charge is 0.495 e. The second-order valence-corrected chi connectivity index (χ2v) is 4.94. The molecule has 1 aliphatic heterocycles. The summed E-state index contributed by atoms with van der Waals surface area (Å²) in [4.78, 5) is 2.09. The third-order valence-corrected chi connectivity index (χ3v) is 3.80. The number of nitrogens with two attached hydrogens (primary N) is 1. The van der Waals surface area contributed by atoms with E-state index in [1.54, 1.807) is 13.2 Å². The lowest BCUT2D eigenvalue weighted by Gasteiger charge is -2.42. The zero-order chi connectivity index (χ0) is 13.8. The van der Waals surface area contributed by atoms with E-state index < -0.39 is 0 Å². The minimum Gasteiger partial charge on any atom is -0.495 e. The van der Waals surface area contributed by atoms with Crippen molar-refractivity contribution in [3.63, 3.8) is 0 Å². The number of aliphatic hydroxyl groups excluding tert-OH is 2. The Hall–Kier alpha value is -1.46. The number of aliphatic hydroxyl groups is 2. The fourth-order valence-electron chi connectivity index (χ4n) is 2.81. The molecule has 0 saturated carbocycles. The summed E-state index contributed by atoms with van der Waals surface area (Å²) in [5.41, 5.74) is 7.34. The van der Waals surface area contributed by atoms with E-state index in [1.807, 2.05) is 12.1 Å². The van der Waals surface area contributed by atoms with Gasteiger partial charge in [0.1, 0.15) is 5.75 Å². The van der Waals surface area contributed by atoms with Crippen molar-refractivity contribution in [1.29, 1.82) is 0 Å². The van der Waals surface area contributed by atoms with Crippen LogP contribution in [0.25, 0.3) is 0 Å². The Labute approximate surface area is 113 Å². The van der Waals surface area contributed by atoms with Crippen molar-refractivity contribution in [3.8, 4) is 5.75 Å². The lowest BCUT2D eigenvalue weighted by atomic mass is 9.95. The third kappa shape index (κ3) is 2.77. The van der Waals surface area contributed by atoms with Crippen LogP contribution in [0.15, 0.2) is 18.2 Å². The Morgan fingerprint density at radius 1 is 1.26 bits per heavy atom. The topological polar surface area (TPSA) is 79.0 Å². The highest BCUT2D eigenvalue weighted by Crippen LogP contribution is 2.33. The molecule has 4 N–H and O–H groups in total. The van der Waals surface area contributed by atoms with Crippen molar-refractivity contribution < 1.29 is 14.9 Å². The highest BCUT2D eigenvalue weighted by molar-refractivity contribution is 5.63. The quantitative estimate of drug-likeness (QED) is 0.708. The summed E-state index contributed by atoms with van der Waals surface area (Å²) in [5.74, 6) is 0.622. The summed E-state index contributed by atoms with van der Waals surface area (Å²) in [6.45, 7) is 0.173. The predicted octanol–water partition coefficient (Wildman–Crippen LogP) is 0.990. The fraction of sp³-hybridized carbons (Fsp3) is 0.571. The first-order valence-corrected chi connectivity index (χ1v) is 6.64. The molecular formula is C14H22N2O3. The Morgan fingerprint density at radius 3 is 2.42 bits per heavy atom. The van der Waals surface area contributed by atoms with Gasteiger partial charge in [-0.3, -0.25) is 0 Å². The molecule has 5 nitrogen and oxygen atoms in total. The van der Waals surface area contributed by atoms with E-state index in [4.69, 9.17) is 10.5 Å². The number of rotatable bonds is 4. The van der Waals surface area contributed by atoms with Gasteiger partial charge in [-0.1, -0.05) is 0 Å². The van der Waals surface area contributed by atoms with Crippen LogP contribution in [0.2, 0.25) is 0 Å². The van der Waals surface area contributed by atoms with Gasteiger partial charge < -0.3 is 25.6 Å². The van der Waals surface area contributed by atoms with Crippen LogP contribution in [-0.2, 0) is 0 Å². The van der Waals surface area contributed by atoms with E-state index >= 15 is 0 Å². The lowest BCUT2D eigenvalue weighted by molar-refractivity contribution is 0.187. The maximum absolute atomic E-state index is 9.54. The summed E-state index contributed by atoms with van der Waals surface area (Å²) in [6.07, 6.45) is 2.89. The van der Waals surface area contributed by atoms with Crippen LogP contribution in [0.5, 0.6) is 5.75 Å². The van der Waals surface area contributed by atoms with Crippen molar-refractivity contribution in [2.24, 2.45) is 0 Å². The SMILES string of the molecule is COc1cc(N2C(CO)CCCC2CO)ccc1N. The van der Waals surface area contributed by atoms with Crippen molar-refractivity contribution in [3.05, 3.63) is 18.2 Å². The molecule has 0 radical (unpaired) electrons. The number of methoxy groups -OCH3 is 1. The summed E-state index contributed by atoms with van der Waals surface area (Å²) in [5, 5.41) is 19.1. The standard InChI is InChI=1S/C14H22N2O3/c1-19-14-7-10(5-6-13(14)15)16-11(8-17)3-2-4-12(16)9-18/h5-7,11-12,17-18H,2-4,8-9,15H2,1H3. The Balaban J connectivity index is 2.34. The number of hydrogen-bond acceptors (Lipinski definition) is 5. The molecule has 1 saturated heterocycles. The van der Waals surface area contributed by atoms with Gasteiger partial charge in [0.15, 0.2) is 0 Å². The van der Waals surface area contributed by atoms with Crippen molar-refractivity contribution in [1.82, 2.24) is 0 Å². The van der Waals surface area contributed by atoms with Crippen LogP contribution in [0.4, 0.5) is 11.4 Å². The van der Waals surface area contributed by atoms with Gasteiger partial charge in [-0.25, -0.2) is 0 Å². The maximum atomic E-state index is 9.54. The van der Waals surface area contributed by atoms with Crippen LogP contribution in [0, 0.1) is 0 Å². The Kier molecular flexibility index (Phi) is 4.50. The second kappa shape index (κ2) is 6.12. The van der Waals surface area contributed by atoms with Crippen LogP contribution in [0.1, 0.15) is 19.3 Å². The molecule has 2 unspecified atom stereocenters. The average Bonchev–Trinajstić information content (AvgIpc) is 2.47. The number of ether oxygens (including phenoxy) is 1. The third-order valence-electron chi connectivity index (χ3n) is 3.80. The molecule has 5 heteroatoms. The molecule has 1 aliphatic rings. The Bertz CT molecular complexity index is 413. The van der Waals surface area contributed by atoms with Gasteiger partial charge in [-0.15, -0.1) is 0 Å². The van der Waals surface area contributed by atoms with Gasteiger partial charge in [0.2, 0.25) is 0 Å². The number of anilines is 2. The minimum atomic E-state index is 0.0410. The first kappa shape index (κ1) is 14.0. The average molecular weight is 266 g/mol. The summed E-state index contributed by atoms with van der Waals surface area (Å²) >= 11 is 0. The summed E-state index contributed by atoms with van der Waals surface area (Å²) < 4.78 is 5.24. The first-order chi connectivity index (χ1) is 9.21. The minimum absolute atomic E-state index is 0.0410. The van der Waals surface area contributed by atoms with Crippen LogP contribution in [-0.4, -0.2) is 42.6 Å². The van der Waals surface area contributed by atoms with E-state index in [2.05, 4.69) is 4.90 Å². The van der Waals surface area contributed by atoms with Gasteiger partial charge >= 0.3 is 0 Å². The van der Waals surface area contributed by atoms with Crippen LogP contribution >= 0.6 is 0 Å².